The number of aliphatic imine (C=N–C) groups is 1. The molecule has 1 aromatic heterocycles. The van der Waals surface area contributed by atoms with E-state index in [2.05, 4.69) is 26.7 Å². The monoisotopic (exact) mass is 433 g/mol. The van der Waals surface area contributed by atoms with Gasteiger partial charge in [0.05, 0.1) is 6.33 Å². The van der Waals surface area contributed by atoms with Crippen LogP contribution in [0.5, 0.6) is 0 Å². The molecule has 0 bridgehead atoms. The lowest BCUT2D eigenvalue weighted by atomic mass is 10.1. The van der Waals surface area contributed by atoms with Gasteiger partial charge in [0.1, 0.15) is 0 Å². The van der Waals surface area contributed by atoms with Crippen molar-refractivity contribution in [2.45, 2.75) is 13.0 Å². The maximum absolute atomic E-state index is 5.97. The summed E-state index contributed by atoms with van der Waals surface area (Å²) in [5.41, 5.74) is 1.21. The Hall–Kier alpha value is -1.28. The third-order valence-electron chi connectivity index (χ3n) is 3.04. The highest BCUT2D eigenvalue weighted by Crippen LogP contribution is 2.10. The molecule has 2 aromatic rings. The smallest absolute Gasteiger partial charge is 0.191 e. The first-order valence-corrected chi connectivity index (χ1v) is 7.30. The fourth-order valence-corrected chi connectivity index (χ4v) is 2.17. The van der Waals surface area contributed by atoms with Crippen LogP contribution >= 0.6 is 35.6 Å². The predicted octanol–water partition coefficient (Wildman–Crippen LogP) is 2.56. The molecular formula is C15H21ClIN5. The maximum atomic E-state index is 5.97. The van der Waals surface area contributed by atoms with Crippen LogP contribution in [0.3, 0.4) is 0 Å². The van der Waals surface area contributed by atoms with E-state index < -0.39 is 0 Å². The van der Waals surface area contributed by atoms with Crippen LogP contribution in [0.15, 0.2) is 48.0 Å². The number of aromatic nitrogens is 2. The molecular weight excluding hydrogens is 413 g/mol. The van der Waals surface area contributed by atoms with Crippen LogP contribution in [0, 0.1) is 0 Å². The van der Waals surface area contributed by atoms with Gasteiger partial charge in [-0.3, -0.25) is 4.99 Å². The molecule has 1 aromatic carbocycles. The molecule has 0 aliphatic rings. The molecule has 0 amide bonds. The first-order valence-electron chi connectivity index (χ1n) is 6.92. The van der Waals surface area contributed by atoms with E-state index in [0.29, 0.717) is 0 Å². The molecule has 7 heteroatoms. The van der Waals surface area contributed by atoms with Crippen LogP contribution < -0.4 is 10.6 Å². The second kappa shape index (κ2) is 10.4. The molecule has 120 valence electrons. The van der Waals surface area contributed by atoms with Crippen LogP contribution in [0.25, 0.3) is 0 Å². The van der Waals surface area contributed by atoms with E-state index in [1.807, 2.05) is 29.0 Å². The second-order valence-corrected chi connectivity index (χ2v) is 5.04. The van der Waals surface area contributed by atoms with E-state index >= 15 is 0 Å². The molecule has 0 fully saturated rings. The summed E-state index contributed by atoms with van der Waals surface area (Å²) in [5.74, 6) is 0.803. The van der Waals surface area contributed by atoms with Crippen LogP contribution in [0.4, 0.5) is 0 Å². The molecule has 0 unspecified atom stereocenters. The van der Waals surface area contributed by atoms with Gasteiger partial charge in [-0.05, 0) is 24.1 Å². The van der Waals surface area contributed by atoms with Crippen molar-refractivity contribution in [2.24, 2.45) is 4.99 Å². The van der Waals surface area contributed by atoms with Gasteiger partial charge in [-0.15, -0.1) is 24.0 Å². The zero-order valence-corrected chi connectivity index (χ0v) is 15.6. The van der Waals surface area contributed by atoms with Crippen molar-refractivity contribution >= 4 is 41.5 Å². The number of rotatable bonds is 6. The highest BCUT2D eigenvalue weighted by atomic mass is 127. The Morgan fingerprint density at radius 3 is 2.82 bits per heavy atom. The molecule has 22 heavy (non-hydrogen) atoms. The van der Waals surface area contributed by atoms with Crippen molar-refractivity contribution in [2.75, 3.05) is 20.1 Å². The summed E-state index contributed by atoms with van der Waals surface area (Å²) in [6.45, 7) is 2.47. The number of guanidine groups is 1. The first kappa shape index (κ1) is 18.8. The van der Waals surface area contributed by atoms with Gasteiger partial charge in [0.25, 0.3) is 0 Å². The van der Waals surface area contributed by atoms with Gasteiger partial charge in [-0.1, -0.05) is 23.7 Å². The molecule has 0 atom stereocenters. The quantitative estimate of drug-likeness (QED) is 0.418. The van der Waals surface area contributed by atoms with Crippen molar-refractivity contribution in [3.63, 3.8) is 0 Å². The Bertz CT molecular complexity index is 571. The summed E-state index contributed by atoms with van der Waals surface area (Å²) in [6.07, 6.45) is 6.43. The third-order valence-corrected chi connectivity index (χ3v) is 3.28. The Morgan fingerprint density at radius 1 is 1.32 bits per heavy atom. The standard InChI is InChI=1S/C15H20ClN5.HI/c1-17-15(20-8-10-21-9-7-18-12-21)19-6-5-13-3-2-4-14(16)11-13;/h2-4,7,9,11-12H,5-6,8,10H2,1H3,(H2,17,19,20);1H. The summed E-state index contributed by atoms with van der Waals surface area (Å²) >= 11 is 5.97. The molecule has 0 aliphatic carbocycles. The summed E-state index contributed by atoms with van der Waals surface area (Å²) in [5, 5.41) is 7.33. The minimum atomic E-state index is 0. The largest absolute Gasteiger partial charge is 0.356 e. The summed E-state index contributed by atoms with van der Waals surface area (Å²) in [4.78, 5) is 8.21. The molecule has 0 saturated heterocycles. The molecule has 0 radical (unpaired) electrons. The zero-order valence-electron chi connectivity index (χ0n) is 12.5. The lowest BCUT2D eigenvalue weighted by Crippen LogP contribution is -2.39. The molecule has 2 rings (SSSR count). The van der Waals surface area contributed by atoms with E-state index in [4.69, 9.17) is 11.6 Å². The summed E-state index contributed by atoms with van der Waals surface area (Å²) in [6, 6.07) is 7.91. The van der Waals surface area contributed by atoms with E-state index in [9.17, 15) is 0 Å². The van der Waals surface area contributed by atoms with E-state index in [1.54, 1.807) is 19.6 Å². The molecule has 0 aliphatic heterocycles. The van der Waals surface area contributed by atoms with Crippen LogP contribution in [0.1, 0.15) is 5.56 Å². The lowest BCUT2D eigenvalue weighted by Gasteiger charge is -2.12. The number of hydrogen-bond donors (Lipinski definition) is 2. The average Bonchev–Trinajstić information content (AvgIpc) is 2.99. The van der Waals surface area contributed by atoms with Crippen LogP contribution in [-0.2, 0) is 13.0 Å². The fraction of sp³-hybridized carbons (Fsp3) is 0.333. The van der Waals surface area contributed by atoms with Crippen LogP contribution in [0.2, 0.25) is 5.02 Å². The Labute approximate surface area is 153 Å². The van der Waals surface area contributed by atoms with Crippen molar-refractivity contribution in [1.82, 2.24) is 20.2 Å². The number of nitrogens with one attached hydrogen (secondary N) is 2. The van der Waals surface area contributed by atoms with Crippen molar-refractivity contribution in [3.05, 3.63) is 53.6 Å². The van der Waals surface area contributed by atoms with Crippen molar-refractivity contribution in [1.29, 1.82) is 0 Å². The number of benzene rings is 1. The summed E-state index contributed by atoms with van der Waals surface area (Å²) < 4.78 is 2.02. The van der Waals surface area contributed by atoms with Gasteiger partial charge >= 0.3 is 0 Å². The normalized spacial score (nSPS) is 10.9. The Balaban J connectivity index is 0.00000242. The minimum absolute atomic E-state index is 0. The SMILES string of the molecule is CN=C(NCCc1cccc(Cl)c1)NCCn1ccnc1.I. The summed E-state index contributed by atoms with van der Waals surface area (Å²) in [7, 11) is 1.77. The fourth-order valence-electron chi connectivity index (χ4n) is 1.96. The van der Waals surface area contributed by atoms with Crippen LogP contribution in [-0.4, -0.2) is 35.6 Å². The molecule has 2 N–H and O–H groups in total. The van der Waals surface area contributed by atoms with Crippen molar-refractivity contribution in [3.8, 4) is 0 Å². The van der Waals surface area contributed by atoms with E-state index in [0.717, 1.165) is 37.0 Å². The number of imidazole rings is 1. The molecule has 0 saturated carbocycles. The number of halogens is 2. The third kappa shape index (κ3) is 6.65. The van der Waals surface area contributed by atoms with Gasteiger partial charge < -0.3 is 15.2 Å². The minimum Gasteiger partial charge on any atom is -0.356 e. The van der Waals surface area contributed by atoms with Gasteiger partial charge in [-0.2, -0.15) is 0 Å². The number of hydrogen-bond acceptors (Lipinski definition) is 2. The van der Waals surface area contributed by atoms with E-state index in [-0.39, 0.29) is 24.0 Å². The van der Waals surface area contributed by atoms with E-state index in [1.165, 1.54) is 5.56 Å². The van der Waals surface area contributed by atoms with Gasteiger partial charge in [0.2, 0.25) is 0 Å². The molecule has 1 heterocycles. The lowest BCUT2D eigenvalue weighted by molar-refractivity contribution is 0.661. The maximum Gasteiger partial charge on any atom is 0.191 e. The topological polar surface area (TPSA) is 54.2 Å². The second-order valence-electron chi connectivity index (χ2n) is 4.61. The highest BCUT2D eigenvalue weighted by Gasteiger charge is 1.98. The zero-order chi connectivity index (χ0) is 14.9. The van der Waals surface area contributed by atoms with Gasteiger partial charge in [-0.25, -0.2) is 4.98 Å². The van der Waals surface area contributed by atoms with Gasteiger partial charge in [0.15, 0.2) is 5.96 Å². The molecule has 0 spiro atoms. The van der Waals surface area contributed by atoms with Gasteiger partial charge in [0, 0.05) is 44.1 Å². The number of nitrogens with zero attached hydrogens (tertiary/aromatic N) is 3. The first-order chi connectivity index (χ1) is 10.3. The highest BCUT2D eigenvalue weighted by molar-refractivity contribution is 14.0. The Morgan fingerprint density at radius 2 is 2.14 bits per heavy atom. The predicted molar refractivity (Wildman–Crippen MR) is 102 cm³/mol. The van der Waals surface area contributed by atoms with Crippen molar-refractivity contribution < 1.29 is 0 Å². The molecule has 5 nitrogen and oxygen atoms in total. The Kier molecular flexibility index (Phi) is 8.91. The average molecular weight is 434 g/mol.